The van der Waals surface area contributed by atoms with Crippen molar-refractivity contribution in [1.29, 1.82) is 0 Å². The van der Waals surface area contributed by atoms with Gasteiger partial charge in [-0.25, -0.2) is 4.44 Å². The van der Waals surface area contributed by atoms with Gasteiger partial charge in [0.1, 0.15) is 0 Å². The normalized spacial score (nSPS) is 12.4. The molecule has 0 fully saturated rings. The van der Waals surface area contributed by atoms with Crippen LogP contribution in [-0.4, -0.2) is 10.5 Å². The van der Waals surface area contributed by atoms with Crippen LogP contribution in [0.2, 0.25) is 0 Å². The molecule has 0 aromatic heterocycles. The van der Waals surface area contributed by atoms with E-state index in [2.05, 4.69) is 140 Å². The fraction of sp³-hybridized carbons (Fsp3) is 0.143. The minimum absolute atomic E-state index is 0.443. The van der Waals surface area contributed by atoms with Gasteiger partial charge in [0, 0.05) is 22.2 Å². The molecule has 1 nitrogen and oxygen atoms in total. The molecule has 0 bridgehead atoms. The van der Waals surface area contributed by atoms with Crippen molar-refractivity contribution in [2.75, 3.05) is 0 Å². The third-order valence-corrected chi connectivity index (χ3v) is 11.2. The summed E-state index contributed by atoms with van der Waals surface area (Å²) in [5.41, 5.74) is 0. The first-order valence-corrected chi connectivity index (χ1v) is 13.5. The highest BCUT2D eigenvalue weighted by atomic mass is 31.2. The summed E-state index contributed by atoms with van der Waals surface area (Å²) in [5, 5.41) is 5.62. The molecule has 0 amide bonds. The molecule has 4 rings (SSSR count). The van der Waals surface area contributed by atoms with Crippen LogP contribution in [-0.2, 0) is 0 Å². The van der Waals surface area contributed by atoms with E-state index in [-0.39, 0.29) is 0 Å². The van der Waals surface area contributed by atoms with Gasteiger partial charge < -0.3 is 0 Å². The van der Waals surface area contributed by atoms with E-state index in [1.165, 1.54) is 21.2 Å². The molecule has 31 heavy (non-hydrogen) atoms. The fourth-order valence-corrected chi connectivity index (χ4v) is 10.1. The lowest BCUT2D eigenvalue weighted by Crippen LogP contribution is -2.36. The van der Waals surface area contributed by atoms with Crippen molar-refractivity contribution in [3.05, 3.63) is 121 Å². The van der Waals surface area contributed by atoms with Crippen molar-refractivity contribution in [2.45, 2.75) is 26.3 Å². The number of rotatable bonds is 8. The molecular weight excluding hydrogens is 412 g/mol. The van der Waals surface area contributed by atoms with Gasteiger partial charge in [-0.05, 0) is 34.6 Å². The molecule has 0 N–H and O–H groups in total. The van der Waals surface area contributed by atoms with Gasteiger partial charge in [0.25, 0.3) is 0 Å². The van der Waals surface area contributed by atoms with E-state index in [0.717, 1.165) is 6.42 Å². The minimum atomic E-state index is -0.684. The SMILES string of the molecule is CC[C@H](C)N(P(c1ccccc1)c1ccccc1)P(c1ccccc1)c1ccccc1. The Balaban J connectivity index is 1.94. The lowest BCUT2D eigenvalue weighted by Gasteiger charge is -2.42. The number of hydrogen-bond donors (Lipinski definition) is 0. The third-order valence-electron chi connectivity index (χ3n) is 5.40. The maximum absolute atomic E-state index is 2.83. The number of hydrogen-bond acceptors (Lipinski definition) is 1. The summed E-state index contributed by atoms with van der Waals surface area (Å²) in [6, 6.07) is 44.7. The Morgan fingerprint density at radius 2 is 0.774 bits per heavy atom. The smallest absolute Gasteiger partial charge is 0.0325 e. The van der Waals surface area contributed by atoms with Crippen molar-refractivity contribution < 1.29 is 0 Å². The molecule has 156 valence electrons. The van der Waals surface area contributed by atoms with Gasteiger partial charge in [-0.2, -0.15) is 0 Å². The van der Waals surface area contributed by atoms with Crippen molar-refractivity contribution in [1.82, 2.24) is 4.44 Å². The van der Waals surface area contributed by atoms with Crippen LogP contribution in [0, 0.1) is 0 Å². The average Bonchev–Trinajstić information content (AvgIpc) is 2.86. The maximum atomic E-state index is 2.83. The molecule has 0 aliphatic rings. The van der Waals surface area contributed by atoms with Gasteiger partial charge in [0.15, 0.2) is 0 Å². The number of nitrogens with zero attached hydrogens (tertiary/aromatic N) is 1. The number of benzene rings is 4. The van der Waals surface area contributed by atoms with E-state index < -0.39 is 16.1 Å². The first-order valence-electron chi connectivity index (χ1n) is 10.9. The fourth-order valence-electron chi connectivity index (χ4n) is 3.70. The van der Waals surface area contributed by atoms with E-state index in [1.807, 2.05) is 0 Å². The van der Waals surface area contributed by atoms with Crippen LogP contribution in [0.5, 0.6) is 0 Å². The van der Waals surface area contributed by atoms with Gasteiger partial charge in [-0.3, -0.25) is 0 Å². The molecule has 0 radical (unpaired) electrons. The predicted octanol–water partition coefficient (Wildman–Crippen LogP) is 6.18. The molecule has 0 spiro atoms. The first kappa shape index (κ1) is 21.9. The second-order valence-electron chi connectivity index (χ2n) is 7.54. The molecule has 0 aliphatic carbocycles. The monoisotopic (exact) mass is 441 g/mol. The van der Waals surface area contributed by atoms with Crippen molar-refractivity contribution in [2.24, 2.45) is 0 Å². The highest BCUT2D eigenvalue weighted by molar-refractivity contribution is 7.84. The van der Waals surface area contributed by atoms with E-state index in [4.69, 9.17) is 0 Å². The van der Waals surface area contributed by atoms with Crippen LogP contribution in [0.15, 0.2) is 121 Å². The zero-order valence-electron chi connectivity index (χ0n) is 18.2. The second-order valence-corrected chi connectivity index (χ2v) is 12.0. The molecule has 0 heterocycles. The average molecular weight is 441 g/mol. The van der Waals surface area contributed by atoms with Crippen LogP contribution in [0.25, 0.3) is 0 Å². The standard InChI is InChI=1S/C28H29NP2/c1-3-24(2)29(30(25-16-8-4-9-17-25)26-18-10-5-11-19-26)31(27-20-12-6-13-21-27)28-22-14-7-15-23-28/h4-24H,3H2,1-2H3/t24-/m0/s1. The van der Waals surface area contributed by atoms with E-state index >= 15 is 0 Å². The molecule has 0 saturated carbocycles. The molecule has 1 atom stereocenters. The summed E-state index contributed by atoms with van der Waals surface area (Å²) in [7, 11) is -1.37. The van der Waals surface area contributed by atoms with Gasteiger partial charge in [-0.15, -0.1) is 0 Å². The van der Waals surface area contributed by atoms with Crippen molar-refractivity contribution >= 4 is 37.4 Å². The van der Waals surface area contributed by atoms with Gasteiger partial charge in [0.05, 0.1) is 0 Å². The van der Waals surface area contributed by atoms with E-state index in [1.54, 1.807) is 0 Å². The molecule has 4 aromatic carbocycles. The second kappa shape index (κ2) is 10.8. The van der Waals surface area contributed by atoms with Crippen LogP contribution in [0.4, 0.5) is 0 Å². The molecule has 3 heteroatoms. The predicted molar refractivity (Wildman–Crippen MR) is 140 cm³/mol. The largest absolute Gasteiger partial charge is 0.242 e. The third kappa shape index (κ3) is 5.13. The highest BCUT2D eigenvalue weighted by Crippen LogP contribution is 2.56. The van der Waals surface area contributed by atoms with Crippen LogP contribution < -0.4 is 21.2 Å². The highest BCUT2D eigenvalue weighted by Gasteiger charge is 2.34. The molecule has 0 aliphatic heterocycles. The minimum Gasteiger partial charge on any atom is -0.242 e. The quantitative estimate of drug-likeness (QED) is 0.295. The zero-order valence-corrected chi connectivity index (χ0v) is 20.0. The summed E-state index contributed by atoms with van der Waals surface area (Å²) in [6.07, 6.45) is 1.11. The summed E-state index contributed by atoms with van der Waals surface area (Å²) in [4.78, 5) is 0. The van der Waals surface area contributed by atoms with Crippen molar-refractivity contribution in [3.8, 4) is 0 Å². The topological polar surface area (TPSA) is 3.24 Å². The Kier molecular flexibility index (Phi) is 7.66. The van der Waals surface area contributed by atoms with Crippen LogP contribution >= 0.6 is 16.1 Å². The van der Waals surface area contributed by atoms with E-state index in [0.29, 0.717) is 6.04 Å². The van der Waals surface area contributed by atoms with E-state index in [9.17, 15) is 0 Å². The summed E-state index contributed by atoms with van der Waals surface area (Å²) in [6.45, 7) is 4.70. The van der Waals surface area contributed by atoms with Crippen molar-refractivity contribution in [3.63, 3.8) is 0 Å². The molecular formula is C28H29NP2. The molecule has 0 unspecified atom stereocenters. The van der Waals surface area contributed by atoms with Crippen LogP contribution in [0.3, 0.4) is 0 Å². The van der Waals surface area contributed by atoms with Crippen LogP contribution in [0.1, 0.15) is 20.3 Å². The van der Waals surface area contributed by atoms with Gasteiger partial charge in [-0.1, -0.05) is 128 Å². The molecule has 4 aromatic rings. The lowest BCUT2D eigenvalue weighted by molar-refractivity contribution is 0.521. The Hall–Kier alpha value is -2.30. The zero-order chi connectivity index (χ0) is 21.5. The summed E-state index contributed by atoms with van der Waals surface area (Å²) < 4.78 is 2.83. The maximum Gasteiger partial charge on any atom is 0.0325 e. The first-order chi connectivity index (χ1) is 15.3. The van der Waals surface area contributed by atoms with Gasteiger partial charge in [0.2, 0.25) is 0 Å². The Bertz CT molecular complexity index is 877. The Labute approximate surface area is 189 Å². The van der Waals surface area contributed by atoms with Gasteiger partial charge >= 0.3 is 0 Å². The lowest BCUT2D eigenvalue weighted by atomic mass is 10.3. The Morgan fingerprint density at radius 1 is 0.516 bits per heavy atom. The summed E-state index contributed by atoms with van der Waals surface area (Å²) in [5.74, 6) is 0. The summed E-state index contributed by atoms with van der Waals surface area (Å²) >= 11 is 0. The Morgan fingerprint density at radius 3 is 1.00 bits per heavy atom. The molecule has 0 saturated heterocycles.